The molecule has 1 saturated heterocycles. The summed E-state index contributed by atoms with van der Waals surface area (Å²) in [6.45, 7) is 6.38. The molecule has 0 unspecified atom stereocenters. The number of carbonyl (C=O) groups is 3. The van der Waals surface area contributed by atoms with Crippen molar-refractivity contribution in [3.8, 4) is 11.5 Å². The van der Waals surface area contributed by atoms with E-state index in [0.717, 1.165) is 19.6 Å². The summed E-state index contributed by atoms with van der Waals surface area (Å²) < 4.78 is 12.7. The second-order valence-electron chi connectivity index (χ2n) is 8.43. The Hall–Kier alpha value is -3.37. The first-order valence-electron chi connectivity index (χ1n) is 11.5. The number of rotatable bonds is 7. The molecule has 1 aliphatic rings. The number of anilines is 1. The third-order valence-corrected chi connectivity index (χ3v) is 6.66. The molecular formula is C28H24ClIN2O5. The highest BCUT2D eigenvalue weighted by molar-refractivity contribution is 14.1. The highest BCUT2D eigenvalue weighted by Gasteiger charge is 2.37. The summed E-state index contributed by atoms with van der Waals surface area (Å²) in [6, 6.07) is 15.6. The first kappa shape index (κ1) is 26.7. The molecular weight excluding hydrogens is 607 g/mol. The predicted octanol–water partition coefficient (Wildman–Crippen LogP) is 6.21. The number of carbonyl (C=O) groups excluding carboxylic acids is 3. The Morgan fingerprint density at radius 1 is 1.03 bits per heavy atom. The SMILES string of the molecule is CCOc1cc(/C=C2\C(=O)NC(=O)N(c3cc(Cl)ccc3C)C2=O)cc(I)c1OCc1cccc(C)c1. The molecule has 190 valence electrons. The van der Waals surface area contributed by atoms with Crippen molar-refractivity contribution in [3.05, 3.63) is 91.0 Å². The molecule has 37 heavy (non-hydrogen) atoms. The van der Waals surface area contributed by atoms with E-state index in [4.69, 9.17) is 21.1 Å². The molecule has 0 atom stereocenters. The number of ether oxygens (including phenoxy) is 2. The average Bonchev–Trinajstić information content (AvgIpc) is 2.83. The Labute approximate surface area is 233 Å². The van der Waals surface area contributed by atoms with Gasteiger partial charge in [0.1, 0.15) is 12.2 Å². The molecule has 0 aliphatic carbocycles. The molecule has 1 heterocycles. The molecule has 4 amide bonds. The van der Waals surface area contributed by atoms with Crippen LogP contribution in [0.15, 0.2) is 60.2 Å². The largest absolute Gasteiger partial charge is 0.490 e. The lowest BCUT2D eigenvalue weighted by Gasteiger charge is -2.27. The number of nitrogens with zero attached hydrogens (tertiary/aromatic N) is 1. The maximum Gasteiger partial charge on any atom is 0.335 e. The van der Waals surface area contributed by atoms with E-state index in [-0.39, 0.29) is 5.57 Å². The Bertz CT molecular complexity index is 1440. The van der Waals surface area contributed by atoms with E-state index in [1.807, 2.05) is 38.1 Å². The van der Waals surface area contributed by atoms with E-state index in [2.05, 4.69) is 27.9 Å². The van der Waals surface area contributed by atoms with Crippen molar-refractivity contribution in [1.82, 2.24) is 5.32 Å². The summed E-state index contributed by atoms with van der Waals surface area (Å²) in [7, 11) is 0. The first-order chi connectivity index (χ1) is 17.7. The number of hydrogen-bond acceptors (Lipinski definition) is 5. The second-order valence-corrected chi connectivity index (χ2v) is 10.0. The molecule has 0 spiro atoms. The summed E-state index contributed by atoms with van der Waals surface area (Å²) in [5.74, 6) is -0.474. The van der Waals surface area contributed by atoms with Gasteiger partial charge in [0.25, 0.3) is 11.8 Å². The van der Waals surface area contributed by atoms with Crippen LogP contribution in [-0.4, -0.2) is 24.5 Å². The van der Waals surface area contributed by atoms with Crippen LogP contribution in [0.5, 0.6) is 11.5 Å². The van der Waals surface area contributed by atoms with Gasteiger partial charge in [0.15, 0.2) is 11.5 Å². The van der Waals surface area contributed by atoms with Crippen LogP contribution in [0.4, 0.5) is 10.5 Å². The van der Waals surface area contributed by atoms with Gasteiger partial charge in [0, 0.05) is 5.02 Å². The van der Waals surface area contributed by atoms with Crippen LogP contribution in [0, 0.1) is 17.4 Å². The van der Waals surface area contributed by atoms with Gasteiger partial charge in [0.05, 0.1) is 15.9 Å². The van der Waals surface area contributed by atoms with E-state index >= 15 is 0 Å². The van der Waals surface area contributed by atoms with Gasteiger partial charge in [-0.3, -0.25) is 14.9 Å². The minimum Gasteiger partial charge on any atom is -0.490 e. The Kier molecular flexibility index (Phi) is 8.19. The van der Waals surface area contributed by atoms with Crippen LogP contribution in [0.3, 0.4) is 0 Å². The lowest BCUT2D eigenvalue weighted by Crippen LogP contribution is -2.54. The summed E-state index contributed by atoms with van der Waals surface area (Å²) in [4.78, 5) is 39.5. The first-order valence-corrected chi connectivity index (χ1v) is 13.0. The van der Waals surface area contributed by atoms with Crippen molar-refractivity contribution in [2.75, 3.05) is 11.5 Å². The molecule has 1 fully saturated rings. The highest BCUT2D eigenvalue weighted by Crippen LogP contribution is 2.36. The highest BCUT2D eigenvalue weighted by atomic mass is 127. The number of nitrogens with one attached hydrogen (secondary N) is 1. The molecule has 1 N–H and O–H groups in total. The molecule has 4 rings (SSSR count). The standard InChI is InChI=1S/C28H24ClIN2O5/c1-4-36-24-13-19(12-22(30)25(24)37-15-18-7-5-6-16(2)10-18)11-21-26(33)31-28(35)32(27(21)34)23-14-20(29)9-8-17(23)3/h5-14H,4,15H2,1-3H3,(H,31,33,35)/b21-11+. The minimum absolute atomic E-state index is 0.189. The van der Waals surface area contributed by atoms with E-state index < -0.39 is 17.8 Å². The number of halogens is 2. The molecule has 0 bridgehead atoms. The second kappa shape index (κ2) is 11.4. The van der Waals surface area contributed by atoms with Gasteiger partial charge in [-0.15, -0.1) is 0 Å². The fourth-order valence-electron chi connectivity index (χ4n) is 3.90. The zero-order valence-corrected chi connectivity index (χ0v) is 23.3. The zero-order chi connectivity index (χ0) is 26.7. The molecule has 0 radical (unpaired) electrons. The number of urea groups is 1. The summed E-state index contributed by atoms with van der Waals surface area (Å²) in [6.07, 6.45) is 1.44. The Morgan fingerprint density at radius 2 is 1.81 bits per heavy atom. The van der Waals surface area contributed by atoms with Crippen LogP contribution in [-0.2, 0) is 16.2 Å². The topological polar surface area (TPSA) is 84.9 Å². The fraction of sp³-hybridized carbons (Fsp3) is 0.179. The summed E-state index contributed by atoms with van der Waals surface area (Å²) in [5.41, 5.74) is 3.48. The number of hydrogen-bond donors (Lipinski definition) is 1. The number of imide groups is 2. The number of aryl methyl sites for hydroxylation is 2. The molecule has 7 nitrogen and oxygen atoms in total. The summed E-state index contributed by atoms with van der Waals surface area (Å²) in [5, 5.41) is 2.60. The minimum atomic E-state index is -0.831. The quantitative estimate of drug-likeness (QED) is 0.191. The fourth-order valence-corrected chi connectivity index (χ4v) is 4.85. The van der Waals surface area contributed by atoms with Gasteiger partial charge < -0.3 is 9.47 Å². The third-order valence-electron chi connectivity index (χ3n) is 5.62. The normalized spacial score (nSPS) is 14.7. The monoisotopic (exact) mass is 630 g/mol. The van der Waals surface area contributed by atoms with Crippen LogP contribution in [0.1, 0.15) is 29.2 Å². The van der Waals surface area contributed by atoms with Crippen LogP contribution < -0.4 is 19.7 Å². The Morgan fingerprint density at radius 3 is 2.54 bits per heavy atom. The molecule has 9 heteroatoms. The maximum absolute atomic E-state index is 13.3. The van der Waals surface area contributed by atoms with Gasteiger partial charge in [-0.25, -0.2) is 9.69 Å². The van der Waals surface area contributed by atoms with Crippen LogP contribution in [0.25, 0.3) is 6.08 Å². The molecule has 1 aliphatic heterocycles. The van der Waals surface area contributed by atoms with Gasteiger partial charge in [-0.05, 0) is 90.4 Å². The van der Waals surface area contributed by atoms with E-state index in [1.165, 1.54) is 12.1 Å². The predicted molar refractivity (Wildman–Crippen MR) is 151 cm³/mol. The van der Waals surface area contributed by atoms with Gasteiger partial charge in [0.2, 0.25) is 0 Å². The van der Waals surface area contributed by atoms with E-state index in [1.54, 1.807) is 31.2 Å². The van der Waals surface area contributed by atoms with Crippen molar-refractivity contribution >= 4 is 63.8 Å². The smallest absolute Gasteiger partial charge is 0.335 e. The van der Waals surface area contributed by atoms with Crippen molar-refractivity contribution in [3.63, 3.8) is 0 Å². The molecule has 0 aromatic heterocycles. The molecule has 0 saturated carbocycles. The number of barbiturate groups is 1. The van der Waals surface area contributed by atoms with Crippen molar-refractivity contribution in [1.29, 1.82) is 0 Å². The lowest BCUT2D eigenvalue weighted by molar-refractivity contribution is -0.122. The lowest BCUT2D eigenvalue weighted by atomic mass is 10.1. The molecule has 3 aromatic carbocycles. The van der Waals surface area contributed by atoms with E-state index in [0.29, 0.717) is 46.5 Å². The van der Waals surface area contributed by atoms with Crippen molar-refractivity contribution in [2.45, 2.75) is 27.4 Å². The third kappa shape index (κ3) is 5.97. The number of benzene rings is 3. The number of amides is 4. The van der Waals surface area contributed by atoms with Gasteiger partial charge in [-0.2, -0.15) is 0 Å². The van der Waals surface area contributed by atoms with Gasteiger partial charge >= 0.3 is 6.03 Å². The Balaban J connectivity index is 1.68. The van der Waals surface area contributed by atoms with Gasteiger partial charge in [-0.1, -0.05) is 47.5 Å². The van der Waals surface area contributed by atoms with Crippen LogP contribution >= 0.6 is 34.2 Å². The van der Waals surface area contributed by atoms with Crippen molar-refractivity contribution < 1.29 is 23.9 Å². The van der Waals surface area contributed by atoms with Crippen LogP contribution in [0.2, 0.25) is 5.02 Å². The zero-order valence-electron chi connectivity index (χ0n) is 20.4. The molecule has 3 aromatic rings. The average molecular weight is 631 g/mol. The van der Waals surface area contributed by atoms with E-state index in [9.17, 15) is 14.4 Å². The maximum atomic E-state index is 13.3. The van der Waals surface area contributed by atoms with Crippen molar-refractivity contribution in [2.24, 2.45) is 0 Å². The summed E-state index contributed by atoms with van der Waals surface area (Å²) >= 11 is 8.23.